The maximum Gasteiger partial charge on any atom is 0.307 e. The summed E-state index contributed by atoms with van der Waals surface area (Å²) < 4.78 is 30.8. The van der Waals surface area contributed by atoms with Crippen LogP contribution in [0.2, 0.25) is 0 Å². The maximum absolute atomic E-state index is 14.7. The summed E-state index contributed by atoms with van der Waals surface area (Å²) in [5.41, 5.74) is 7.47. The van der Waals surface area contributed by atoms with Gasteiger partial charge in [-0.1, -0.05) is 113 Å². The highest BCUT2D eigenvalue weighted by Gasteiger charge is 2.36. The molecular weight excluding hydrogens is 662 g/mol. The molecule has 1 aliphatic rings. The largest absolute Gasteiger partial charge is 0.481 e. The fourth-order valence-electron chi connectivity index (χ4n) is 6.06. The number of hydrogen-bond donors (Lipinski definition) is 3. The Balaban J connectivity index is 0.00000122. The Morgan fingerprint density at radius 1 is 1.04 bits per heavy atom. The Labute approximate surface area is 312 Å². The zero-order valence-corrected chi connectivity index (χ0v) is 33.5. The number of benzene rings is 2. The van der Waals surface area contributed by atoms with Gasteiger partial charge in [0.2, 0.25) is 12.3 Å². The van der Waals surface area contributed by atoms with E-state index in [-0.39, 0.29) is 29.4 Å². The van der Waals surface area contributed by atoms with E-state index in [0.717, 1.165) is 55.7 Å². The Morgan fingerprint density at radius 3 is 2.13 bits per heavy atom. The third-order valence-corrected chi connectivity index (χ3v) is 8.63. The maximum atomic E-state index is 14.7. The second-order valence-electron chi connectivity index (χ2n) is 13.3. The minimum Gasteiger partial charge on any atom is -0.481 e. The van der Waals surface area contributed by atoms with Gasteiger partial charge in [0, 0.05) is 42.5 Å². The molecule has 1 aliphatic heterocycles. The van der Waals surface area contributed by atoms with Crippen molar-refractivity contribution in [3.63, 3.8) is 0 Å². The van der Waals surface area contributed by atoms with E-state index in [1.807, 2.05) is 103 Å². The van der Waals surface area contributed by atoms with Crippen molar-refractivity contribution in [3.05, 3.63) is 83.7 Å². The van der Waals surface area contributed by atoms with Crippen molar-refractivity contribution in [2.45, 2.75) is 108 Å². The second-order valence-corrected chi connectivity index (χ2v) is 13.3. The number of carboxylic acids is 1. The predicted octanol–water partition coefficient (Wildman–Crippen LogP) is 9.32. The minimum atomic E-state index is -0.942. The molecule has 8 nitrogen and oxygen atoms in total. The van der Waals surface area contributed by atoms with E-state index in [2.05, 4.69) is 30.7 Å². The van der Waals surface area contributed by atoms with Crippen LogP contribution in [0.25, 0.3) is 11.1 Å². The van der Waals surface area contributed by atoms with Crippen LogP contribution in [0, 0.1) is 34.8 Å². The van der Waals surface area contributed by atoms with Gasteiger partial charge in [-0.25, -0.2) is 8.78 Å². The van der Waals surface area contributed by atoms with Gasteiger partial charge in [-0.3, -0.25) is 14.4 Å². The average Bonchev–Trinajstić information content (AvgIpc) is 3.80. The molecule has 0 radical (unpaired) electrons. The summed E-state index contributed by atoms with van der Waals surface area (Å²) in [7, 11) is 0. The number of rotatable bonds is 13. The molecule has 0 bridgehead atoms. The average molecular weight is 729 g/mol. The number of halogens is 2. The summed E-state index contributed by atoms with van der Waals surface area (Å²) in [5, 5.41) is 12.1. The van der Waals surface area contributed by atoms with E-state index >= 15 is 0 Å². The van der Waals surface area contributed by atoms with Crippen LogP contribution in [0.3, 0.4) is 0 Å². The number of nitrogens with two attached hydrogens (primary N) is 1. The van der Waals surface area contributed by atoms with Crippen LogP contribution in [-0.4, -0.2) is 52.5 Å². The molecule has 1 fully saturated rings. The molecule has 10 heteroatoms. The fraction of sp³-hybridized carbons (Fsp3) is 0.548. The molecule has 3 aromatic rings. The van der Waals surface area contributed by atoms with Crippen LogP contribution >= 0.6 is 0 Å². The third-order valence-electron chi connectivity index (χ3n) is 8.63. The molecule has 1 aromatic heterocycles. The van der Waals surface area contributed by atoms with Crippen LogP contribution in [0.15, 0.2) is 60.8 Å². The second kappa shape index (κ2) is 25.0. The minimum absolute atomic E-state index is 0.00463. The van der Waals surface area contributed by atoms with Gasteiger partial charge in [-0.15, -0.1) is 0 Å². The van der Waals surface area contributed by atoms with Crippen LogP contribution in [0.5, 0.6) is 0 Å². The third kappa shape index (κ3) is 15.3. The lowest BCUT2D eigenvalue weighted by molar-refractivity contribution is -0.145. The highest BCUT2D eigenvalue weighted by molar-refractivity contribution is 5.81. The Hall–Kier alpha value is -4.05. The van der Waals surface area contributed by atoms with Crippen molar-refractivity contribution in [1.29, 1.82) is 0 Å². The van der Waals surface area contributed by atoms with Gasteiger partial charge in [0.05, 0.1) is 12.0 Å². The van der Waals surface area contributed by atoms with Crippen molar-refractivity contribution in [2.75, 3.05) is 19.6 Å². The van der Waals surface area contributed by atoms with Crippen LogP contribution in [0.4, 0.5) is 8.78 Å². The number of carbonyl (C=O) groups is 3. The quantitative estimate of drug-likeness (QED) is 0.152. The summed E-state index contributed by atoms with van der Waals surface area (Å²) >= 11 is 0. The Kier molecular flexibility index (Phi) is 23.1. The first-order chi connectivity index (χ1) is 24.7. The zero-order valence-electron chi connectivity index (χ0n) is 33.5. The van der Waals surface area contributed by atoms with E-state index < -0.39 is 29.4 Å². The van der Waals surface area contributed by atoms with E-state index in [9.17, 15) is 23.2 Å². The summed E-state index contributed by atoms with van der Waals surface area (Å²) in [6.07, 6.45) is 4.52. The Morgan fingerprint density at radius 2 is 1.65 bits per heavy atom. The van der Waals surface area contributed by atoms with E-state index in [4.69, 9.17) is 10.8 Å². The lowest BCUT2D eigenvalue weighted by Gasteiger charge is -2.40. The first kappa shape index (κ1) is 48.0. The van der Waals surface area contributed by atoms with E-state index in [1.165, 1.54) is 6.07 Å². The molecule has 4 unspecified atom stereocenters. The van der Waals surface area contributed by atoms with Crippen molar-refractivity contribution in [2.24, 2.45) is 28.9 Å². The monoisotopic (exact) mass is 729 g/mol. The first-order valence-corrected chi connectivity index (χ1v) is 18.9. The van der Waals surface area contributed by atoms with E-state index in [0.29, 0.717) is 24.6 Å². The first-order valence-electron chi connectivity index (χ1n) is 18.9. The molecule has 2 aromatic carbocycles. The molecular formula is C42H66F2N4O4. The topological polar surface area (TPSA) is 118 Å². The number of carbonyl (C=O) groups excluding carboxylic acids is 2. The highest BCUT2D eigenvalue weighted by atomic mass is 19.1. The van der Waals surface area contributed by atoms with Crippen molar-refractivity contribution >= 4 is 18.3 Å². The molecule has 1 saturated heterocycles. The Bertz CT molecular complexity index is 1450. The number of hydrogen-bond acceptors (Lipinski definition) is 4. The lowest BCUT2D eigenvalue weighted by Crippen LogP contribution is -2.40. The van der Waals surface area contributed by atoms with Gasteiger partial charge in [-0.05, 0) is 66.6 Å². The number of nitrogens with one attached hydrogen (secondary N) is 1. The van der Waals surface area contributed by atoms with Gasteiger partial charge in [-0.2, -0.15) is 0 Å². The summed E-state index contributed by atoms with van der Waals surface area (Å²) in [6, 6.07) is 15.2. The van der Waals surface area contributed by atoms with Crippen molar-refractivity contribution in [3.8, 4) is 11.1 Å². The summed E-state index contributed by atoms with van der Waals surface area (Å²) in [5.74, 6) is -2.69. The molecule has 2 heterocycles. The number of aromatic nitrogens is 1. The number of nitrogens with zero attached hydrogens (tertiary/aromatic N) is 2. The molecule has 292 valence electrons. The number of primary amides is 1. The van der Waals surface area contributed by atoms with Gasteiger partial charge in [0.1, 0.15) is 11.6 Å². The van der Waals surface area contributed by atoms with E-state index in [1.54, 1.807) is 0 Å². The molecule has 0 saturated carbocycles. The summed E-state index contributed by atoms with van der Waals surface area (Å²) in [4.78, 5) is 35.4. The highest BCUT2D eigenvalue weighted by Crippen LogP contribution is 2.41. The molecule has 0 aliphatic carbocycles. The molecule has 4 N–H and O–H groups in total. The molecule has 0 spiro atoms. The van der Waals surface area contributed by atoms with Crippen molar-refractivity contribution in [1.82, 2.24) is 14.8 Å². The van der Waals surface area contributed by atoms with Crippen LogP contribution in [0.1, 0.15) is 113 Å². The SMILES string of the molecule is CC.CC.CC.CC(C)(C)C(c1cc(-c2cc(F)ccc2F)cn1Cc1ccccc1)N(C=O)CC1CCNC1.CCC(C)C(CC(N)=O)C(=O)O. The standard InChI is InChI=1S/C28H33F2N3O.C8H15NO3.3C2H6/c1-28(2,3)27(33(19-34)17-21-11-12-31-15-21)26-13-22(24-14-23(29)9-10-25(24)30)18-32(26)16-20-7-5-4-6-8-20;1-3-5(2)6(8(11)12)4-7(9)10;3*1-2/h4-10,13-14,18-19,21,27,31H,11-12,15-17H2,1-3H3;5-6H,3-4H2,1-2H3,(H2,9,10)(H,11,12);3*1-2H3. The van der Waals surface area contributed by atoms with Gasteiger partial charge in [0.25, 0.3) is 0 Å². The fourth-order valence-corrected chi connectivity index (χ4v) is 6.06. The number of aliphatic carboxylic acids is 1. The van der Waals surface area contributed by atoms with Gasteiger partial charge in [0.15, 0.2) is 0 Å². The predicted molar refractivity (Wildman–Crippen MR) is 210 cm³/mol. The molecule has 52 heavy (non-hydrogen) atoms. The lowest BCUT2D eigenvalue weighted by atomic mass is 9.83. The van der Waals surface area contributed by atoms with Crippen molar-refractivity contribution < 1.29 is 28.3 Å². The van der Waals surface area contributed by atoms with Gasteiger partial charge >= 0.3 is 5.97 Å². The smallest absolute Gasteiger partial charge is 0.307 e. The van der Waals surface area contributed by atoms with Crippen LogP contribution < -0.4 is 11.1 Å². The van der Waals surface area contributed by atoms with Gasteiger partial charge < -0.3 is 25.6 Å². The normalized spacial score (nSPS) is 15.0. The molecule has 4 atom stereocenters. The number of amides is 2. The molecule has 2 amide bonds. The van der Waals surface area contributed by atoms with Crippen LogP contribution in [-0.2, 0) is 20.9 Å². The summed E-state index contributed by atoms with van der Waals surface area (Å²) in [6.45, 7) is 25.1. The zero-order chi connectivity index (χ0) is 40.0. The molecule has 4 rings (SSSR count). The number of carboxylic acid groups (broad SMARTS) is 1.